The van der Waals surface area contributed by atoms with Gasteiger partial charge in [-0.2, -0.15) is 0 Å². The molecule has 0 rings (SSSR count). The van der Waals surface area contributed by atoms with Crippen LogP contribution in [0.15, 0.2) is 0 Å². The molecule has 3 heteroatoms. The molecule has 0 amide bonds. The molecular weight excluding hydrogens is 172 g/mol. The lowest BCUT2D eigenvalue weighted by Gasteiger charge is -2.20. The van der Waals surface area contributed by atoms with Crippen molar-refractivity contribution in [2.24, 2.45) is 11.8 Å². The fraction of sp³-hybridized carbons (Fsp3) is 0.889. The van der Waals surface area contributed by atoms with E-state index in [0.717, 1.165) is 5.75 Å². The average Bonchev–Trinajstić information content (AvgIpc) is 2.02. The predicted octanol–water partition coefficient (Wildman–Crippen LogP) is 1.92. The van der Waals surface area contributed by atoms with Crippen molar-refractivity contribution in [3.05, 3.63) is 0 Å². The van der Waals surface area contributed by atoms with Gasteiger partial charge in [-0.15, -0.1) is 0 Å². The van der Waals surface area contributed by atoms with Crippen molar-refractivity contribution >= 4 is 16.9 Å². The van der Waals surface area contributed by atoms with E-state index in [1.165, 1.54) is 11.8 Å². The molecule has 0 fully saturated rings. The lowest BCUT2D eigenvalue weighted by molar-refractivity contribution is -0.117. The summed E-state index contributed by atoms with van der Waals surface area (Å²) in [4.78, 5) is 11.3. The number of hydrogen-bond donors (Lipinski definition) is 1. The first-order valence-electron chi connectivity index (χ1n) is 4.35. The van der Waals surface area contributed by atoms with Gasteiger partial charge < -0.3 is 5.11 Å². The molecule has 72 valence electrons. The highest BCUT2D eigenvalue weighted by molar-refractivity contribution is 8.13. The number of hydrogen-bond acceptors (Lipinski definition) is 3. The van der Waals surface area contributed by atoms with E-state index in [2.05, 4.69) is 0 Å². The predicted molar refractivity (Wildman–Crippen MR) is 53.1 cm³/mol. The van der Waals surface area contributed by atoms with E-state index in [1.807, 2.05) is 20.8 Å². The van der Waals surface area contributed by atoms with Crippen molar-refractivity contribution in [3.63, 3.8) is 0 Å². The Labute approximate surface area is 78.7 Å². The van der Waals surface area contributed by atoms with Gasteiger partial charge in [-0.25, -0.2) is 0 Å². The van der Waals surface area contributed by atoms with Crippen LogP contribution in [0.2, 0.25) is 0 Å². The summed E-state index contributed by atoms with van der Waals surface area (Å²) in [5, 5.41) is 9.65. The molecule has 12 heavy (non-hydrogen) atoms. The number of carbonyl (C=O) groups is 1. The Kier molecular flexibility index (Phi) is 5.59. The Hall–Kier alpha value is -0.0200. The lowest BCUT2D eigenvalue weighted by atomic mass is 9.96. The first-order chi connectivity index (χ1) is 5.50. The highest BCUT2D eigenvalue weighted by atomic mass is 32.2. The molecule has 0 saturated carbocycles. The molecule has 0 aliphatic carbocycles. The third-order valence-electron chi connectivity index (χ3n) is 1.85. The molecule has 0 aromatic heterocycles. The summed E-state index contributed by atoms with van der Waals surface area (Å²) in [6.45, 7) is 7.57. The van der Waals surface area contributed by atoms with E-state index < -0.39 is 6.10 Å². The smallest absolute Gasteiger partial charge is 0.194 e. The maximum atomic E-state index is 11.3. The van der Waals surface area contributed by atoms with Crippen molar-refractivity contribution in [1.29, 1.82) is 0 Å². The van der Waals surface area contributed by atoms with E-state index in [-0.39, 0.29) is 17.0 Å². The van der Waals surface area contributed by atoms with Crippen molar-refractivity contribution in [3.8, 4) is 0 Å². The minimum atomic E-state index is -0.503. The summed E-state index contributed by atoms with van der Waals surface area (Å²) in [5.74, 6) is 0.699. The Balaban J connectivity index is 4.00. The molecule has 2 nitrogen and oxygen atoms in total. The van der Waals surface area contributed by atoms with Crippen LogP contribution in [0.1, 0.15) is 27.7 Å². The Morgan fingerprint density at radius 3 is 2.25 bits per heavy atom. The highest BCUT2D eigenvalue weighted by Crippen LogP contribution is 2.18. The van der Waals surface area contributed by atoms with E-state index in [1.54, 1.807) is 6.92 Å². The Bertz CT molecular complexity index is 145. The fourth-order valence-electron chi connectivity index (χ4n) is 0.990. The average molecular weight is 190 g/mol. The molecule has 0 radical (unpaired) electrons. The summed E-state index contributed by atoms with van der Waals surface area (Å²) in [6, 6.07) is 0. The minimum Gasteiger partial charge on any atom is -0.392 e. The molecule has 0 bridgehead atoms. The SMILES string of the molecule is CCSC(=O)[C@@H](C)[C@H](O)C(C)C. The zero-order valence-electron chi connectivity index (χ0n) is 8.20. The van der Waals surface area contributed by atoms with Gasteiger partial charge in [0.15, 0.2) is 5.12 Å². The first-order valence-corrected chi connectivity index (χ1v) is 5.34. The summed E-state index contributed by atoms with van der Waals surface area (Å²) in [5.41, 5.74) is 0. The third-order valence-corrected chi connectivity index (χ3v) is 2.80. The second-order valence-corrected chi connectivity index (χ2v) is 4.54. The van der Waals surface area contributed by atoms with Crippen LogP contribution in [0.25, 0.3) is 0 Å². The van der Waals surface area contributed by atoms with Crippen LogP contribution in [-0.2, 0) is 4.79 Å². The fourth-order valence-corrected chi connectivity index (χ4v) is 1.68. The van der Waals surface area contributed by atoms with Crippen molar-refractivity contribution < 1.29 is 9.90 Å². The van der Waals surface area contributed by atoms with Crippen LogP contribution >= 0.6 is 11.8 Å². The Morgan fingerprint density at radius 2 is 1.92 bits per heavy atom. The molecule has 0 saturated heterocycles. The van der Waals surface area contributed by atoms with Crippen LogP contribution < -0.4 is 0 Å². The van der Waals surface area contributed by atoms with Crippen molar-refractivity contribution in [2.45, 2.75) is 33.8 Å². The Morgan fingerprint density at radius 1 is 1.42 bits per heavy atom. The van der Waals surface area contributed by atoms with Gasteiger partial charge in [0.25, 0.3) is 0 Å². The zero-order chi connectivity index (χ0) is 9.72. The molecule has 0 aromatic rings. The molecule has 0 unspecified atom stereocenters. The van der Waals surface area contributed by atoms with Gasteiger partial charge in [0.2, 0.25) is 0 Å². The maximum absolute atomic E-state index is 11.3. The van der Waals surface area contributed by atoms with E-state index in [4.69, 9.17) is 0 Å². The van der Waals surface area contributed by atoms with Crippen LogP contribution in [-0.4, -0.2) is 22.1 Å². The van der Waals surface area contributed by atoms with Crippen LogP contribution in [0, 0.1) is 11.8 Å². The largest absolute Gasteiger partial charge is 0.392 e. The van der Waals surface area contributed by atoms with Gasteiger partial charge in [0.1, 0.15) is 0 Å². The first kappa shape index (κ1) is 12.0. The van der Waals surface area contributed by atoms with Crippen molar-refractivity contribution in [1.82, 2.24) is 0 Å². The standard InChI is InChI=1S/C9H18O2S/c1-5-12-9(11)7(4)8(10)6(2)3/h6-8,10H,5H2,1-4H3/t7-,8+/m0/s1. The highest BCUT2D eigenvalue weighted by Gasteiger charge is 2.23. The second-order valence-electron chi connectivity index (χ2n) is 3.28. The maximum Gasteiger partial charge on any atom is 0.194 e. The van der Waals surface area contributed by atoms with Gasteiger partial charge in [-0.1, -0.05) is 39.5 Å². The number of thioether (sulfide) groups is 1. The molecule has 0 aromatic carbocycles. The number of aliphatic hydroxyl groups excluding tert-OH is 1. The topological polar surface area (TPSA) is 37.3 Å². The monoisotopic (exact) mass is 190 g/mol. The summed E-state index contributed by atoms with van der Waals surface area (Å²) >= 11 is 1.29. The zero-order valence-corrected chi connectivity index (χ0v) is 9.02. The summed E-state index contributed by atoms with van der Waals surface area (Å²) in [7, 11) is 0. The summed E-state index contributed by atoms with van der Waals surface area (Å²) in [6.07, 6.45) is -0.503. The quantitative estimate of drug-likeness (QED) is 0.736. The van der Waals surface area contributed by atoms with Crippen LogP contribution in [0.4, 0.5) is 0 Å². The molecule has 2 atom stereocenters. The van der Waals surface area contributed by atoms with Gasteiger partial charge in [0.05, 0.1) is 12.0 Å². The van der Waals surface area contributed by atoms with Crippen LogP contribution in [0.5, 0.6) is 0 Å². The second kappa shape index (κ2) is 5.60. The van der Waals surface area contributed by atoms with Crippen LogP contribution in [0.3, 0.4) is 0 Å². The van der Waals surface area contributed by atoms with E-state index >= 15 is 0 Å². The van der Waals surface area contributed by atoms with Crippen molar-refractivity contribution in [2.75, 3.05) is 5.75 Å². The van der Waals surface area contributed by atoms with Gasteiger partial charge >= 0.3 is 0 Å². The normalized spacial score (nSPS) is 16.2. The molecule has 0 heterocycles. The summed E-state index contributed by atoms with van der Waals surface area (Å²) < 4.78 is 0. The number of rotatable bonds is 4. The van der Waals surface area contributed by atoms with Gasteiger partial charge in [-0.05, 0) is 11.7 Å². The van der Waals surface area contributed by atoms with Gasteiger partial charge in [0, 0.05) is 0 Å². The third kappa shape index (κ3) is 3.59. The molecule has 0 aliphatic rings. The molecule has 0 spiro atoms. The van der Waals surface area contributed by atoms with E-state index in [0.29, 0.717) is 0 Å². The number of carbonyl (C=O) groups excluding carboxylic acids is 1. The molecule has 1 N–H and O–H groups in total. The molecular formula is C9H18O2S. The molecule has 0 aliphatic heterocycles. The lowest BCUT2D eigenvalue weighted by Crippen LogP contribution is -2.28. The van der Waals surface area contributed by atoms with Gasteiger partial charge in [-0.3, -0.25) is 4.79 Å². The minimum absolute atomic E-state index is 0.0960. The van der Waals surface area contributed by atoms with E-state index in [9.17, 15) is 9.90 Å². The number of aliphatic hydroxyl groups is 1.